The molecule has 0 bridgehead atoms. The van der Waals surface area contributed by atoms with Gasteiger partial charge in [-0.1, -0.05) is 40.6 Å². The first-order valence-electron chi connectivity index (χ1n) is 6.45. The summed E-state index contributed by atoms with van der Waals surface area (Å²) in [6.07, 6.45) is 0. The number of amides is 1. The summed E-state index contributed by atoms with van der Waals surface area (Å²) < 4.78 is 2.92. The Morgan fingerprint density at radius 3 is 2.62 bits per heavy atom. The lowest BCUT2D eigenvalue weighted by molar-refractivity contribution is 0.0998. The molecule has 0 saturated heterocycles. The summed E-state index contributed by atoms with van der Waals surface area (Å²) in [5, 5.41) is 0.681. The average Bonchev–Trinajstić information content (AvgIpc) is 2.75. The van der Waals surface area contributed by atoms with E-state index < -0.39 is 0 Å². The van der Waals surface area contributed by atoms with E-state index in [1.165, 1.54) is 11.3 Å². The molecular weight excluding hydrogens is 304 g/mol. The molecular formula is C16H13ClN2OS. The first-order chi connectivity index (χ1) is 10.0. The second kappa shape index (κ2) is 5.47. The second-order valence-electron chi connectivity index (χ2n) is 4.84. The molecule has 21 heavy (non-hydrogen) atoms. The van der Waals surface area contributed by atoms with Gasteiger partial charge in [-0.15, -0.1) is 0 Å². The van der Waals surface area contributed by atoms with Gasteiger partial charge in [-0.3, -0.25) is 4.79 Å². The molecule has 1 amide bonds. The smallest absolute Gasteiger partial charge is 0.279 e. The highest BCUT2D eigenvalue weighted by atomic mass is 35.5. The predicted molar refractivity (Wildman–Crippen MR) is 86.9 cm³/mol. The third kappa shape index (κ3) is 2.77. The van der Waals surface area contributed by atoms with Gasteiger partial charge in [0.15, 0.2) is 4.80 Å². The molecule has 0 aliphatic heterocycles. The first kappa shape index (κ1) is 14.0. The quantitative estimate of drug-likeness (QED) is 0.669. The van der Waals surface area contributed by atoms with Gasteiger partial charge in [-0.25, -0.2) is 0 Å². The van der Waals surface area contributed by atoms with Crippen LogP contribution in [0.3, 0.4) is 0 Å². The van der Waals surface area contributed by atoms with Crippen LogP contribution in [0.15, 0.2) is 47.5 Å². The van der Waals surface area contributed by atoms with Crippen molar-refractivity contribution in [2.45, 2.75) is 6.92 Å². The number of carbonyl (C=O) groups excluding carboxylic acids is 1. The van der Waals surface area contributed by atoms with Gasteiger partial charge < -0.3 is 4.57 Å². The molecule has 0 unspecified atom stereocenters. The zero-order valence-electron chi connectivity index (χ0n) is 11.6. The molecule has 3 rings (SSSR count). The molecule has 2 aromatic carbocycles. The highest BCUT2D eigenvalue weighted by Gasteiger charge is 2.07. The van der Waals surface area contributed by atoms with E-state index in [0.717, 1.165) is 15.8 Å². The maximum Gasteiger partial charge on any atom is 0.279 e. The van der Waals surface area contributed by atoms with Crippen LogP contribution in [-0.2, 0) is 7.05 Å². The first-order valence-corrected chi connectivity index (χ1v) is 7.65. The third-order valence-corrected chi connectivity index (χ3v) is 4.60. The summed E-state index contributed by atoms with van der Waals surface area (Å²) in [6, 6.07) is 13.1. The van der Waals surface area contributed by atoms with Gasteiger partial charge >= 0.3 is 0 Å². The number of thiazole rings is 1. The van der Waals surface area contributed by atoms with Crippen molar-refractivity contribution in [2.75, 3.05) is 0 Å². The number of rotatable bonds is 1. The zero-order valence-corrected chi connectivity index (χ0v) is 13.2. The lowest BCUT2D eigenvalue weighted by atomic mass is 10.1. The number of hydrogen-bond donors (Lipinski definition) is 0. The number of benzene rings is 2. The topological polar surface area (TPSA) is 34.4 Å². The fourth-order valence-corrected chi connectivity index (χ4v) is 3.35. The molecule has 0 atom stereocenters. The molecule has 3 aromatic rings. The van der Waals surface area contributed by atoms with Crippen LogP contribution in [0.2, 0.25) is 5.02 Å². The van der Waals surface area contributed by atoms with Crippen LogP contribution in [0.25, 0.3) is 10.2 Å². The summed E-state index contributed by atoms with van der Waals surface area (Å²) in [7, 11) is 1.90. The number of nitrogens with zero attached hydrogens (tertiary/aromatic N) is 2. The normalized spacial score (nSPS) is 12.0. The number of aryl methyl sites for hydroxylation is 2. The van der Waals surface area contributed by atoms with Crippen LogP contribution in [0.1, 0.15) is 15.9 Å². The molecule has 0 fully saturated rings. The van der Waals surface area contributed by atoms with E-state index in [4.69, 9.17) is 11.6 Å². The Bertz CT molecular complexity index is 891. The molecule has 0 aliphatic rings. The van der Waals surface area contributed by atoms with Crippen molar-refractivity contribution in [2.24, 2.45) is 12.0 Å². The molecule has 1 heterocycles. The summed E-state index contributed by atoms with van der Waals surface area (Å²) in [5.74, 6) is -0.233. The van der Waals surface area contributed by atoms with Gasteiger partial charge in [-0.2, -0.15) is 4.99 Å². The molecule has 0 saturated carbocycles. The number of halogens is 1. The van der Waals surface area contributed by atoms with E-state index in [1.54, 1.807) is 12.1 Å². The van der Waals surface area contributed by atoms with Gasteiger partial charge in [0.1, 0.15) is 0 Å². The Balaban J connectivity index is 2.09. The Kier molecular flexibility index (Phi) is 3.66. The minimum atomic E-state index is -0.233. The SMILES string of the molecule is Cc1ccc(C(=O)N=c2sc3cc(Cl)ccc3n2C)cc1. The van der Waals surface area contributed by atoms with Crippen LogP contribution >= 0.6 is 22.9 Å². The van der Waals surface area contributed by atoms with Crippen molar-refractivity contribution in [3.05, 3.63) is 63.4 Å². The van der Waals surface area contributed by atoms with Crippen molar-refractivity contribution >= 4 is 39.1 Å². The van der Waals surface area contributed by atoms with Crippen LogP contribution in [-0.4, -0.2) is 10.5 Å². The predicted octanol–water partition coefficient (Wildman–Crippen LogP) is 3.94. The minimum Gasteiger partial charge on any atom is -0.319 e. The summed E-state index contributed by atoms with van der Waals surface area (Å²) >= 11 is 7.45. The summed E-state index contributed by atoms with van der Waals surface area (Å²) in [4.78, 5) is 17.1. The molecule has 106 valence electrons. The maximum absolute atomic E-state index is 12.2. The molecule has 0 N–H and O–H groups in total. The zero-order chi connectivity index (χ0) is 15.0. The molecule has 0 spiro atoms. The number of fused-ring (bicyclic) bond motifs is 1. The van der Waals surface area contributed by atoms with E-state index in [-0.39, 0.29) is 5.91 Å². The van der Waals surface area contributed by atoms with E-state index in [0.29, 0.717) is 15.4 Å². The number of carbonyl (C=O) groups is 1. The highest BCUT2D eigenvalue weighted by molar-refractivity contribution is 7.16. The second-order valence-corrected chi connectivity index (χ2v) is 6.28. The van der Waals surface area contributed by atoms with Gasteiger partial charge in [-0.05, 0) is 37.3 Å². The van der Waals surface area contributed by atoms with Crippen LogP contribution < -0.4 is 4.80 Å². The Morgan fingerprint density at radius 2 is 1.90 bits per heavy atom. The van der Waals surface area contributed by atoms with E-state index >= 15 is 0 Å². The fourth-order valence-electron chi connectivity index (χ4n) is 2.06. The minimum absolute atomic E-state index is 0.233. The van der Waals surface area contributed by atoms with Gasteiger partial charge in [0.25, 0.3) is 5.91 Å². The Hall–Kier alpha value is -1.91. The molecule has 3 nitrogen and oxygen atoms in total. The molecule has 5 heteroatoms. The lowest BCUT2D eigenvalue weighted by Gasteiger charge is -1.97. The van der Waals surface area contributed by atoms with Crippen LogP contribution in [0, 0.1) is 6.92 Å². The monoisotopic (exact) mass is 316 g/mol. The van der Waals surface area contributed by atoms with E-state index in [2.05, 4.69) is 4.99 Å². The molecule has 0 radical (unpaired) electrons. The molecule has 0 aliphatic carbocycles. The largest absolute Gasteiger partial charge is 0.319 e. The van der Waals surface area contributed by atoms with Gasteiger partial charge in [0.05, 0.1) is 10.2 Å². The Labute approximate surface area is 131 Å². The van der Waals surface area contributed by atoms with Gasteiger partial charge in [0, 0.05) is 17.6 Å². The van der Waals surface area contributed by atoms with Crippen LogP contribution in [0.5, 0.6) is 0 Å². The standard InChI is InChI=1S/C16H13ClN2OS/c1-10-3-5-11(6-4-10)15(20)18-16-19(2)13-8-7-12(17)9-14(13)21-16/h3-9H,1-2H3. The number of aromatic nitrogens is 1. The van der Waals surface area contributed by atoms with Crippen molar-refractivity contribution in [1.29, 1.82) is 0 Å². The van der Waals surface area contributed by atoms with Crippen molar-refractivity contribution < 1.29 is 4.79 Å². The van der Waals surface area contributed by atoms with Crippen LogP contribution in [0.4, 0.5) is 0 Å². The third-order valence-electron chi connectivity index (χ3n) is 3.27. The van der Waals surface area contributed by atoms with Gasteiger partial charge in [0.2, 0.25) is 0 Å². The van der Waals surface area contributed by atoms with Crippen molar-refractivity contribution in [1.82, 2.24) is 4.57 Å². The lowest BCUT2D eigenvalue weighted by Crippen LogP contribution is -2.13. The average molecular weight is 317 g/mol. The van der Waals surface area contributed by atoms with E-state index in [1.807, 2.05) is 48.9 Å². The molecule has 1 aromatic heterocycles. The Morgan fingerprint density at radius 1 is 1.19 bits per heavy atom. The van der Waals surface area contributed by atoms with Crippen molar-refractivity contribution in [3.8, 4) is 0 Å². The fraction of sp³-hybridized carbons (Fsp3) is 0.125. The summed E-state index contributed by atoms with van der Waals surface area (Å²) in [6.45, 7) is 1.99. The summed E-state index contributed by atoms with van der Waals surface area (Å²) in [5.41, 5.74) is 2.73. The highest BCUT2D eigenvalue weighted by Crippen LogP contribution is 2.21. The van der Waals surface area contributed by atoms with E-state index in [9.17, 15) is 4.79 Å². The maximum atomic E-state index is 12.2. The number of hydrogen-bond acceptors (Lipinski definition) is 2. The van der Waals surface area contributed by atoms with Crippen molar-refractivity contribution in [3.63, 3.8) is 0 Å².